The summed E-state index contributed by atoms with van der Waals surface area (Å²) in [5.41, 5.74) is 1.17. The van der Waals surface area contributed by atoms with E-state index < -0.39 is 0 Å². The second-order valence-corrected chi connectivity index (χ2v) is 4.29. The third-order valence-electron chi connectivity index (χ3n) is 2.51. The molecule has 0 unspecified atom stereocenters. The number of hydrogen-bond acceptors (Lipinski definition) is 2. The zero-order chi connectivity index (χ0) is 11.1. The van der Waals surface area contributed by atoms with E-state index in [0.717, 1.165) is 30.7 Å². The molecule has 3 heteroatoms. The van der Waals surface area contributed by atoms with Crippen molar-refractivity contribution >= 4 is 21.6 Å². The molecule has 15 heavy (non-hydrogen) atoms. The molecule has 1 aromatic rings. The van der Waals surface area contributed by atoms with Crippen molar-refractivity contribution < 1.29 is 0 Å². The fourth-order valence-electron chi connectivity index (χ4n) is 1.49. The standard InChI is InChI=1S/C12H19BrN2/c1-3-15(4-2)10-9-14-12-8-6-5-7-11(12)13/h5-8,14H,3-4,9-10H2,1-2H3. The molecule has 1 aromatic carbocycles. The fraction of sp³-hybridized carbons (Fsp3) is 0.500. The maximum Gasteiger partial charge on any atom is 0.0485 e. The van der Waals surface area contributed by atoms with Crippen LogP contribution in [0.4, 0.5) is 5.69 Å². The van der Waals surface area contributed by atoms with Gasteiger partial charge in [-0.15, -0.1) is 0 Å². The van der Waals surface area contributed by atoms with Gasteiger partial charge in [0.2, 0.25) is 0 Å². The molecular weight excluding hydrogens is 252 g/mol. The minimum absolute atomic E-state index is 0.990. The van der Waals surface area contributed by atoms with Crippen molar-refractivity contribution in [1.29, 1.82) is 0 Å². The van der Waals surface area contributed by atoms with Gasteiger partial charge in [0.1, 0.15) is 0 Å². The number of anilines is 1. The first-order valence-corrected chi connectivity index (χ1v) is 6.28. The summed E-state index contributed by atoms with van der Waals surface area (Å²) in [5.74, 6) is 0. The van der Waals surface area contributed by atoms with E-state index in [2.05, 4.69) is 52.1 Å². The topological polar surface area (TPSA) is 15.3 Å². The molecule has 0 aromatic heterocycles. The van der Waals surface area contributed by atoms with Crippen molar-refractivity contribution in [2.24, 2.45) is 0 Å². The Morgan fingerprint density at radius 1 is 1.20 bits per heavy atom. The second-order valence-electron chi connectivity index (χ2n) is 3.43. The van der Waals surface area contributed by atoms with Crippen LogP contribution in [0.25, 0.3) is 0 Å². The quantitative estimate of drug-likeness (QED) is 0.854. The molecule has 0 aliphatic carbocycles. The van der Waals surface area contributed by atoms with Crippen molar-refractivity contribution in [1.82, 2.24) is 4.90 Å². The molecule has 0 radical (unpaired) electrons. The van der Waals surface area contributed by atoms with Crippen LogP contribution in [0.2, 0.25) is 0 Å². The van der Waals surface area contributed by atoms with E-state index in [9.17, 15) is 0 Å². The highest BCUT2D eigenvalue weighted by Gasteiger charge is 1.99. The Bertz CT molecular complexity index is 285. The van der Waals surface area contributed by atoms with Gasteiger partial charge in [0.15, 0.2) is 0 Å². The Morgan fingerprint density at radius 3 is 2.47 bits per heavy atom. The summed E-state index contributed by atoms with van der Waals surface area (Å²) in [6.45, 7) is 8.71. The summed E-state index contributed by atoms with van der Waals surface area (Å²) in [7, 11) is 0. The first-order valence-electron chi connectivity index (χ1n) is 5.48. The lowest BCUT2D eigenvalue weighted by Gasteiger charge is -2.18. The van der Waals surface area contributed by atoms with Crippen molar-refractivity contribution in [3.05, 3.63) is 28.7 Å². The zero-order valence-electron chi connectivity index (χ0n) is 9.46. The third kappa shape index (κ3) is 4.22. The van der Waals surface area contributed by atoms with Gasteiger partial charge < -0.3 is 10.2 Å². The summed E-state index contributed by atoms with van der Waals surface area (Å²) in [5, 5.41) is 3.42. The van der Waals surface area contributed by atoms with Crippen LogP contribution in [-0.2, 0) is 0 Å². The highest BCUT2D eigenvalue weighted by molar-refractivity contribution is 9.10. The van der Waals surface area contributed by atoms with E-state index in [1.807, 2.05) is 12.1 Å². The lowest BCUT2D eigenvalue weighted by Crippen LogP contribution is -2.28. The molecule has 0 aliphatic rings. The first-order chi connectivity index (χ1) is 7.27. The number of halogens is 1. The van der Waals surface area contributed by atoms with Crippen molar-refractivity contribution in [2.45, 2.75) is 13.8 Å². The van der Waals surface area contributed by atoms with Gasteiger partial charge >= 0.3 is 0 Å². The number of likely N-dealkylation sites (N-methyl/N-ethyl adjacent to an activating group) is 1. The van der Waals surface area contributed by atoms with E-state index in [1.165, 1.54) is 5.69 Å². The van der Waals surface area contributed by atoms with Gasteiger partial charge in [-0.25, -0.2) is 0 Å². The molecule has 0 amide bonds. The highest BCUT2D eigenvalue weighted by Crippen LogP contribution is 2.20. The van der Waals surface area contributed by atoms with Crippen molar-refractivity contribution in [3.8, 4) is 0 Å². The normalized spacial score (nSPS) is 10.7. The molecule has 0 bridgehead atoms. The molecule has 0 atom stereocenters. The van der Waals surface area contributed by atoms with E-state index >= 15 is 0 Å². The molecule has 0 heterocycles. The van der Waals surface area contributed by atoms with Crippen LogP contribution in [0.3, 0.4) is 0 Å². The average molecular weight is 271 g/mol. The van der Waals surface area contributed by atoms with E-state index in [1.54, 1.807) is 0 Å². The summed E-state index contributed by atoms with van der Waals surface area (Å²) in [6, 6.07) is 8.22. The first kappa shape index (κ1) is 12.5. The van der Waals surface area contributed by atoms with Gasteiger partial charge in [0, 0.05) is 23.2 Å². The molecule has 0 spiro atoms. The maximum absolute atomic E-state index is 3.52. The summed E-state index contributed by atoms with van der Waals surface area (Å²) >= 11 is 3.52. The van der Waals surface area contributed by atoms with Crippen LogP contribution in [0.1, 0.15) is 13.8 Å². The van der Waals surface area contributed by atoms with Gasteiger partial charge in [-0.2, -0.15) is 0 Å². The van der Waals surface area contributed by atoms with Crippen LogP contribution in [0.5, 0.6) is 0 Å². The molecule has 0 aliphatic heterocycles. The minimum atomic E-state index is 0.990. The average Bonchev–Trinajstić information content (AvgIpc) is 2.27. The lowest BCUT2D eigenvalue weighted by molar-refractivity contribution is 0.316. The van der Waals surface area contributed by atoms with Crippen LogP contribution in [0.15, 0.2) is 28.7 Å². The number of para-hydroxylation sites is 1. The monoisotopic (exact) mass is 270 g/mol. The smallest absolute Gasteiger partial charge is 0.0485 e. The number of hydrogen-bond donors (Lipinski definition) is 1. The predicted octanol–water partition coefficient (Wildman–Crippen LogP) is 3.20. The van der Waals surface area contributed by atoms with Crippen molar-refractivity contribution in [3.63, 3.8) is 0 Å². The summed E-state index contributed by atoms with van der Waals surface area (Å²) in [4.78, 5) is 2.41. The van der Waals surface area contributed by atoms with Crippen LogP contribution < -0.4 is 5.32 Å². The summed E-state index contributed by atoms with van der Waals surface area (Å²) < 4.78 is 1.13. The van der Waals surface area contributed by atoms with Crippen LogP contribution in [0, 0.1) is 0 Å². The number of rotatable bonds is 6. The Hall–Kier alpha value is -0.540. The Kier molecular flexibility index (Phi) is 5.73. The van der Waals surface area contributed by atoms with Gasteiger partial charge in [-0.3, -0.25) is 0 Å². The van der Waals surface area contributed by atoms with Gasteiger partial charge in [-0.1, -0.05) is 26.0 Å². The molecule has 1 N–H and O–H groups in total. The predicted molar refractivity (Wildman–Crippen MR) is 70.4 cm³/mol. The molecule has 84 valence electrons. The summed E-state index contributed by atoms with van der Waals surface area (Å²) in [6.07, 6.45) is 0. The largest absolute Gasteiger partial charge is 0.383 e. The second kappa shape index (κ2) is 6.85. The lowest BCUT2D eigenvalue weighted by atomic mass is 10.3. The van der Waals surface area contributed by atoms with Crippen LogP contribution in [-0.4, -0.2) is 31.1 Å². The van der Waals surface area contributed by atoms with E-state index in [-0.39, 0.29) is 0 Å². The van der Waals surface area contributed by atoms with Crippen molar-refractivity contribution in [2.75, 3.05) is 31.5 Å². The Morgan fingerprint density at radius 2 is 1.87 bits per heavy atom. The van der Waals surface area contributed by atoms with Crippen LogP contribution >= 0.6 is 15.9 Å². The molecule has 0 saturated carbocycles. The number of nitrogens with zero attached hydrogens (tertiary/aromatic N) is 1. The third-order valence-corrected chi connectivity index (χ3v) is 3.20. The molecule has 2 nitrogen and oxygen atoms in total. The van der Waals surface area contributed by atoms with Gasteiger partial charge in [0.25, 0.3) is 0 Å². The molecule has 0 fully saturated rings. The Labute approximate surface area is 101 Å². The van der Waals surface area contributed by atoms with Gasteiger partial charge in [0.05, 0.1) is 0 Å². The SMILES string of the molecule is CCN(CC)CCNc1ccccc1Br. The number of nitrogens with one attached hydrogen (secondary N) is 1. The highest BCUT2D eigenvalue weighted by atomic mass is 79.9. The minimum Gasteiger partial charge on any atom is -0.383 e. The molecule has 0 saturated heterocycles. The molecular formula is C12H19BrN2. The van der Waals surface area contributed by atoms with E-state index in [0.29, 0.717) is 0 Å². The maximum atomic E-state index is 3.52. The fourth-order valence-corrected chi connectivity index (χ4v) is 1.92. The molecule has 1 rings (SSSR count). The van der Waals surface area contributed by atoms with Gasteiger partial charge in [-0.05, 0) is 41.2 Å². The Balaban J connectivity index is 2.34. The zero-order valence-corrected chi connectivity index (χ0v) is 11.0. The van der Waals surface area contributed by atoms with E-state index in [4.69, 9.17) is 0 Å². The number of benzene rings is 1.